The molecule has 4 heteroatoms. The van der Waals surface area contributed by atoms with Gasteiger partial charge in [-0.1, -0.05) is 6.92 Å². The van der Waals surface area contributed by atoms with Crippen LogP contribution >= 0.6 is 23.5 Å². The monoisotopic (exact) mass is 257 g/mol. The summed E-state index contributed by atoms with van der Waals surface area (Å²) in [6.45, 7) is 4.86. The van der Waals surface area contributed by atoms with E-state index in [2.05, 4.69) is 6.92 Å². The van der Waals surface area contributed by atoms with Gasteiger partial charge in [0, 0.05) is 22.1 Å². The molecule has 0 unspecified atom stereocenters. The molecule has 0 saturated heterocycles. The molecule has 0 aliphatic carbocycles. The molecule has 0 radical (unpaired) electrons. The third-order valence-corrected chi connectivity index (χ3v) is 4.22. The number of nitrogens with two attached hydrogens (primary N) is 1. The number of benzene rings is 1. The zero-order chi connectivity index (χ0) is 11.8. The lowest BCUT2D eigenvalue weighted by Crippen LogP contribution is -1.95. The lowest BCUT2D eigenvalue weighted by molar-refractivity contribution is 0.339. The maximum atomic E-state index is 5.92. The molecule has 2 N–H and O–H groups in total. The standard InChI is InChI=1S/C12H19NOS2/c1-3-14-10-5-6-11(13)12(9-10)16-8-7-15-4-2/h5-6,9H,3-4,7-8,13H2,1-2H3. The topological polar surface area (TPSA) is 35.2 Å². The predicted molar refractivity (Wildman–Crippen MR) is 75.7 cm³/mol. The Morgan fingerprint density at radius 1 is 1.25 bits per heavy atom. The van der Waals surface area contributed by atoms with E-state index in [0.29, 0.717) is 6.61 Å². The Hall–Kier alpha value is -0.480. The first-order chi connectivity index (χ1) is 7.77. The van der Waals surface area contributed by atoms with Crippen molar-refractivity contribution in [2.45, 2.75) is 18.7 Å². The van der Waals surface area contributed by atoms with E-state index in [9.17, 15) is 0 Å². The third kappa shape index (κ3) is 4.58. The summed E-state index contributed by atoms with van der Waals surface area (Å²) in [4.78, 5) is 1.13. The summed E-state index contributed by atoms with van der Waals surface area (Å²) in [5.74, 6) is 4.34. The first-order valence-electron chi connectivity index (χ1n) is 5.50. The number of hydrogen-bond acceptors (Lipinski definition) is 4. The second kappa shape index (κ2) is 7.74. The van der Waals surface area contributed by atoms with Gasteiger partial charge in [0.25, 0.3) is 0 Å². The molecule has 2 nitrogen and oxygen atoms in total. The number of thioether (sulfide) groups is 2. The second-order valence-electron chi connectivity index (χ2n) is 3.18. The minimum Gasteiger partial charge on any atom is -0.494 e. The molecule has 1 rings (SSSR count). The largest absolute Gasteiger partial charge is 0.494 e. The summed E-state index contributed by atoms with van der Waals surface area (Å²) in [5.41, 5.74) is 6.76. The Kier molecular flexibility index (Phi) is 6.57. The van der Waals surface area contributed by atoms with Gasteiger partial charge >= 0.3 is 0 Å². The van der Waals surface area contributed by atoms with Crippen molar-refractivity contribution in [2.75, 3.05) is 29.6 Å². The summed E-state index contributed by atoms with van der Waals surface area (Å²) in [6.07, 6.45) is 0. The van der Waals surface area contributed by atoms with Crippen LogP contribution in [0.4, 0.5) is 5.69 Å². The van der Waals surface area contributed by atoms with Crippen molar-refractivity contribution in [3.8, 4) is 5.75 Å². The van der Waals surface area contributed by atoms with Crippen LogP contribution in [0.15, 0.2) is 23.1 Å². The molecule has 0 saturated carbocycles. The van der Waals surface area contributed by atoms with Crippen LogP contribution in [0.3, 0.4) is 0 Å². The molecule has 0 fully saturated rings. The molecule has 0 aliphatic rings. The number of rotatable bonds is 7. The molecule has 0 aromatic heterocycles. The quantitative estimate of drug-likeness (QED) is 0.460. The fraction of sp³-hybridized carbons (Fsp3) is 0.500. The van der Waals surface area contributed by atoms with Gasteiger partial charge in [-0.05, 0) is 30.9 Å². The van der Waals surface area contributed by atoms with Gasteiger partial charge in [-0.2, -0.15) is 11.8 Å². The van der Waals surface area contributed by atoms with E-state index in [1.165, 1.54) is 11.5 Å². The highest BCUT2D eigenvalue weighted by atomic mass is 32.2. The molecule has 1 aromatic rings. The van der Waals surface area contributed by atoms with E-state index in [-0.39, 0.29) is 0 Å². The summed E-state index contributed by atoms with van der Waals surface area (Å²) in [6, 6.07) is 5.87. The van der Waals surface area contributed by atoms with Crippen LogP contribution in [0, 0.1) is 0 Å². The average molecular weight is 257 g/mol. The highest BCUT2D eigenvalue weighted by Gasteiger charge is 2.02. The second-order valence-corrected chi connectivity index (χ2v) is 5.71. The molecule has 0 bridgehead atoms. The van der Waals surface area contributed by atoms with Gasteiger partial charge in [-0.3, -0.25) is 0 Å². The van der Waals surface area contributed by atoms with E-state index in [0.717, 1.165) is 22.1 Å². The SMILES string of the molecule is CCOc1ccc(N)c(SCCSCC)c1. The highest BCUT2D eigenvalue weighted by Crippen LogP contribution is 2.29. The van der Waals surface area contributed by atoms with Crippen molar-refractivity contribution in [3.63, 3.8) is 0 Å². The van der Waals surface area contributed by atoms with Gasteiger partial charge in [-0.15, -0.1) is 11.8 Å². The molecule has 16 heavy (non-hydrogen) atoms. The van der Waals surface area contributed by atoms with E-state index in [1.807, 2.05) is 36.9 Å². The van der Waals surface area contributed by atoms with E-state index >= 15 is 0 Å². The molecule has 90 valence electrons. The van der Waals surface area contributed by atoms with Crippen molar-refractivity contribution in [1.82, 2.24) is 0 Å². The molecular weight excluding hydrogens is 238 g/mol. The zero-order valence-electron chi connectivity index (χ0n) is 9.86. The molecule has 0 atom stereocenters. The first kappa shape index (κ1) is 13.6. The van der Waals surface area contributed by atoms with Gasteiger partial charge < -0.3 is 10.5 Å². The van der Waals surface area contributed by atoms with Crippen molar-refractivity contribution >= 4 is 29.2 Å². The van der Waals surface area contributed by atoms with Crippen LogP contribution in [0.25, 0.3) is 0 Å². The van der Waals surface area contributed by atoms with Crippen molar-refractivity contribution in [3.05, 3.63) is 18.2 Å². The summed E-state index contributed by atoms with van der Waals surface area (Å²) >= 11 is 3.76. The van der Waals surface area contributed by atoms with Crippen LogP contribution in [0.5, 0.6) is 5.75 Å². The fourth-order valence-corrected chi connectivity index (χ4v) is 3.00. The minimum atomic E-state index is 0.694. The zero-order valence-corrected chi connectivity index (χ0v) is 11.5. The summed E-state index contributed by atoms with van der Waals surface area (Å²) < 4.78 is 5.45. The third-order valence-electron chi connectivity index (χ3n) is 1.99. The van der Waals surface area contributed by atoms with Crippen LogP contribution < -0.4 is 10.5 Å². The Balaban J connectivity index is 2.52. The van der Waals surface area contributed by atoms with Gasteiger partial charge in [0.05, 0.1) is 6.61 Å². The summed E-state index contributed by atoms with van der Waals surface area (Å²) in [7, 11) is 0. The Labute approximate surface area is 106 Å². The molecule has 0 aliphatic heterocycles. The maximum absolute atomic E-state index is 5.92. The normalized spacial score (nSPS) is 10.4. The lowest BCUT2D eigenvalue weighted by atomic mass is 10.3. The summed E-state index contributed by atoms with van der Waals surface area (Å²) in [5, 5.41) is 0. The van der Waals surface area contributed by atoms with Crippen molar-refractivity contribution in [2.24, 2.45) is 0 Å². The van der Waals surface area contributed by atoms with Gasteiger partial charge in [0.2, 0.25) is 0 Å². The molecule has 0 heterocycles. The lowest BCUT2D eigenvalue weighted by Gasteiger charge is -2.08. The number of hydrogen-bond donors (Lipinski definition) is 1. The van der Waals surface area contributed by atoms with Gasteiger partial charge in [-0.25, -0.2) is 0 Å². The van der Waals surface area contributed by atoms with Crippen LogP contribution in [-0.4, -0.2) is 23.9 Å². The predicted octanol–water partition coefficient (Wildman–Crippen LogP) is 3.51. The average Bonchev–Trinajstić information content (AvgIpc) is 2.29. The first-order valence-corrected chi connectivity index (χ1v) is 7.64. The highest BCUT2D eigenvalue weighted by molar-refractivity contribution is 8.03. The van der Waals surface area contributed by atoms with E-state index in [1.54, 1.807) is 11.8 Å². The maximum Gasteiger partial charge on any atom is 0.120 e. The van der Waals surface area contributed by atoms with Crippen LogP contribution in [0.2, 0.25) is 0 Å². The Bertz CT molecular complexity index is 318. The van der Waals surface area contributed by atoms with Crippen molar-refractivity contribution < 1.29 is 4.74 Å². The smallest absolute Gasteiger partial charge is 0.120 e. The Morgan fingerprint density at radius 2 is 2.06 bits per heavy atom. The molecule has 0 amide bonds. The van der Waals surface area contributed by atoms with E-state index < -0.39 is 0 Å². The molecule has 0 spiro atoms. The van der Waals surface area contributed by atoms with E-state index in [4.69, 9.17) is 10.5 Å². The van der Waals surface area contributed by atoms with Crippen LogP contribution in [-0.2, 0) is 0 Å². The number of nitrogen functional groups attached to an aromatic ring is 1. The molecule has 1 aromatic carbocycles. The van der Waals surface area contributed by atoms with Gasteiger partial charge in [0.15, 0.2) is 0 Å². The Morgan fingerprint density at radius 3 is 2.75 bits per heavy atom. The molecular formula is C12H19NOS2. The van der Waals surface area contributed by atoms with Gasteiger partial charge in [0.1, 0.15) is 5.75 Å². The van der Waals surface area contributed by atoms with Crippen molar-refractivity contribution in [1.29, 1.82) is 0 Å². The number of ether oxygens (including phenoxy) is 1. The number of anilines is 1. The fourth-order valence-electron chi connectivity index (χ4n) is 1.25. The minimum absolute atomic E-state index is 0.694. The van der Waals surface area contributed by atoms with Crippen LogP contribution in [0.1, 0.15) is 13.8 Å².